The van der Waals surface area contributed by atoms with Crippen LogP contribution in [0.1, 0.15) is 44.9 Å². The van der Waals surface area contributed by atoms with Crippen LogP contribution in [0, 0.1) is 0 Å². The van der Waals surface area contributed by atoms with Gasteiger partial charge in [0.25, 0.3) is 0 Å². The molecular weight excluding hydrogens is 248 g/mol. The van der Waals surface area contributed by atoms with E-state index in [1.54, 1.807) is 0 Å². The lowest BCUT2D eigenvalue weighted by Gasteiger charge is -2.31. The molecule has 1 fully saturated rings. The second-order valence-electron chi connectivity index (χ2n) is 5.70. The SMILES string of the molecule is CCCn1c(C2CCCN(CC)C2)nc2cccnc21. The Morgan fingerprint density at radius 3 is 3.05 bits per heavy atom. The molecule has 0 N–H and O–H groups in total. The second kappa shape index (κ2) is 5.92. The standard InChI is InChI=1S/C16H24N4/c1-3-10-20-15(13-7-6-11-19(4-2)12-13)18-14-8-5-9-17-16(14)20/h5,8-9,13H,3-4,6-7,10-12H2,1-2H3. The van der Waals surface area contributed by atoms with Crippen molar-refractivity contribution in [2.24, 2.45) is 0 Å². The minimum atomic E-state index is 0.560. The molecule has 0 radical (unpaired) electrons. The van der Waals surface area contributed by atoms with Gasteiger partial charge in [-0.2, -0.15) is 0 Å². The number of aromatic nitrogens is 3. The van der Waals surface area contributed by atoms with E-state index in [1.807, 2.05) is 12.3 Å². The van der Waals surface area contributed by atoms with E-state index in [9.17, 15) is 0 Å². The van der Waals surface area contributed by atoms with Crippen LogP contribution < -0.4 is 0 Å². The van der Waals surface area contributed by atoms with Gasteiger partial charge in [0, 0.05) is 25.2 Å². The van der Waals surface area contributed by atoms with Crippen LogP contribution in [0.3, 0.4) is 0 Å². The van der Waals surface area contributed by atoms with Crippen molar-refractivity contribution < 1.29 is 0 Å². The molecule has 3 heterocycles. The van der Waals surface area contributed by atoms with E-state index in [0.717, 1.165) is 37.2 Å². The lowest BCUT2D eigenvalue weighted by Crippen LogP contribution is -2.35. The molecule has 0 aromatic carbocycles. The molecule has 1 atom stereocenters. The van der Waals surface area contributed by atoms with E-state index in [4.69, 9.17) is 4.98 Å². The number of fused-ring (bicyclic) bond motifs is 1. The molecule has 0 bridgehead atoms. The summed E-state index contributed by atoms with van der Waals surface area (Å²) in [6.45, 7) is 9.01. The summed E-state index contributed by atoms with van der Waals surface area (Å²) in [6.07, 6.45) is 5.53. The largest absolute Gasteiger partial charge is 0.312 e. The van der Waals surface area contributed by atoms with Crippen molar-refractivity contribution in [3.63, 3.8) is 0 Å². The highest BCUT2D eigenvalue weighted by atomic mass is 15.2. The summed E-state index contributed by atoms with van der Waals surface area (Å²) in [5.74, 6) is 1.81. The quantitative estimate of drug-likeness (QED) is 0.858. The first-order valence-electron chi connectivity index (χ1n) is 7.87. The molecule has 0 saturated carbocycles. The smallest absolute Gasteiger partial charge is 0.159 e. The maximum atomic E-state index is 4.90. The van der Waals surface area contributed by atoms with E-state index in [-0.39, 0.29) is 0 Å². The van der Waals surface area contributed by atoms with Crippen LogP contribution in [-0.2, 0) is 6.54 Å². The zero-order chi connectivity index (χ0) is 13.9. The molecule has 4 heteroatoms. The van der Waals surface area contributed by atoms with Crippen LogP contribution in [0.4, 0.5) is 0 Å². The van der Waals surface area contributed by atoms with Gasteiger partial charge in [-0.05, 0) is 44.5 Å². The average Bonchev–Trinajstić information content (AvgIpc) is 2.87. The van der Waals surface area contributed by atoms with Gasteiger partial charge in [0.05, 0.1) is 0 Å². The molecule has 0 amide bonds. The molecule has 20 heavy (non-hydrogen) atoms. The van der Waals surface area contributed by atoms with E-state index in [0.29, 0.717) is 5.92 Å². The van der Waals surface area contributed by atoms with Crippen molar-refractivity contribution in [2.45, 2.75) is 45.6 Å². The van der Waals surface area contributed by atoms with Crippen LogP contribution in [0.25, 0.3) is 11.2 Å². The van der Waals surface area contributed by atoms with Gasteiger partial charge in [-0.3, -0.25) is 0 Å². The van der Waals surface area contributed by atoms with Crippen LogP contribution in [0.5, 0.6) is 0 Å². The number of hydrogen-bond acceptors (Lipinski definition) is 3. The number of likely N-dealkylation sites (tertiary alicyclic amines) is 1. The molecule has 0 aliphatic carbocycles. The van der Waals surface area contributed by atoms with Crippen molar-refractivity contribution >= 4 is 11.2 Å². The molecule has 4 nitrogen and oxygen atoms in total. The van der Waals surface area contributed by atoms with Crippen LogP contribution >= 0.6 is 0 Å². The normalized spacial score (nSPS) is 20.6. The molecule has 108 valence electrons. The fourth-order valence-corrected chi connectivity index (χ4v) is 3.29. The fourth-order valence-electron chi connectivity index (χ4n) is 3.29. The summed E-state index contributed by atoms with van der Waals surface area (Å²) >= 11 is 0. The Morgan fingerprint density at radius 2 is 2.25 bits per heavy atom. The zero-order valence-electron chi connectivity index (χ0n) is 12.5. The highest BCUT2D eigenvalue weighted by Gasteiger charge is 2.25. The molecule has 1 saturated heterocycles. The number of imidazole rings is 1. The third-order valence-electron chi connectivity index (χ3n) is 4.30. The average molecular weight is 272 g/mol. The molecule has 0 spiro atoms. The van der Waals surface area contributed by atoms with E-state index in [2.05, 4.69) is 34.4 Å². The Balaban J connectivity index is 1.99. The van der Waals surface area contributed by atoms with Crippen LogP contribution in [-0.4, -0.2) is 39.1 Å². The Bertz CT molecular complexity index is 575. The lowest BCUT2D eigenvalue weighted by molar-refractivity contribution is 0.212. The molecule has 1 unspecified atom stereocenters. The molecular formula is C16H24N4. The fraction of sp³-hybridized carbons (Fsp3) is 0.625. The Kier molecular flexibility index (Phi) is 4.01. The predicted octanol–water partition coefficient (Wildman–Crippen LogP) is 3.04. The molecule has 1 aliphatic heterocycles. The van der Waals surface area contributed by atoms with Gasteiger partial charge < -0.3 is 9.47 Å². The van der Waals surface area contributed by atoms with Crippen molar-refractivity contribution in [3.8, 4) is 0 Å². The van der Waals surface area contributed by atoms with Gasteiger partial charge >= 0.3 is 0 Å². The monoisotopic (exact) mass is 272 g/mol. The zero-order valence-corrected chi connectivity index (χ0v) is 12.5. The number of pyridine rings is 1. The number of aryl methyl sites for hydroxylation is 1. The van der Waals surface area contributed by atoms with Gasteiger partial charge in [-0.15, -0.1) is 0 Å². The number of nitrogens with zero attached hydrogens (tertiary/aromatic N) is 4. The summed E-state index contributed by atoms with van der Waals surface area (Å²) in [4.78, 5) is 12.0. The van der Waals surface area contributed by atoms with Crippen molar-refractivity contribution in [1.29, 1.82) is 0 Å². The van der Waals surface area contributed by atoms with Gasteiger partial charge in [0.2, 0.25) is 0 Å². The summed E-state index contributed by atoms with van der Waals surface area (Å²) in [5.41, 5.74) is 2.10. The molecule has 3 rings (SSSR count). The van der Waals surface area contributed by atoms with Crippen molar-refractivity contribution in [2.75, 3.05) is 19.6 Å². The Morgan fingerprint density at radius 1 is 1.35 bits per heavy atom. The van der Waals surface area contributed by atoms with Crippen LogP contribution in [0.15, 0.2) is 18.3 Å². The highest BCUT2D eigenvalue weighted by Crippen LogP contribution is 2.28. The topological polar surface area (TPSA) is 34.0 Å². The van der Waals surface area contributed by atoms with Gasteiger partial charge in [-0.25, -0.2) is 9.97 Å². The van der Waals surface area contributed by atoms with Crippen molar-refractivity contribution in [3.05, 3.63) is 24.2 Å². The summed E-state index contributed by atoms with van der Waals surface area (Å²) in [7, 11) is 0. The molecule has 2 aromatic rings. The lowest BCUT2D eigenvalue weighted by atomic mass is 9.97. The first-order valence-corrected chi connectivity index (χ1v) is 7.87. The third kappa shape index (κ3) is 2.44. The maximum absolute atomic E-state index is 4.90. The Hall–Kier alpha value is -1.42. The van der Waals surface area contributed by atoms with Crippen molar-refractivity contribution in [1.82, 2.24) is 19.4 Å². The first-order chi connectivity index (χ1) is 9.83. The van der Waals surface area contributed by atoms with Gasteiger partial charge in [0.15, 0.2) is 5.65 Å². The molecule has 1 aliphatic rings. The Labute approximate surface area is 120 Å². The first kappa shape index (κ1) is 13.6. The number of likely N-dealkylation sites (N-methyl/N-ethyl adjacent to an activating group) is 1. The second-order valence-corrected chi connectivity index (χ2v) is 5.70. The third-order valence-corrected chi connectivity index (χ3v) is 4.30. The maximum Gasteiger partial charge on any atom is 0.159 e. The minimum Gasteiger partial charge on any atom is -0.312 e. The summed E-state index contributed by atoms with van der Waals surface area (Å²) < 4.78 is 2.35. The number of rotatable bonds is 4. The van der Waals surface area contributed by atoms with E-state index >= 15 is 0 Å². The van der Waals surface area contributed by atoms with E-state index < -0.39 is 0 Å². The number of hydrogen-bond donors (Lipinski definition) is 0. The highest BCUT2D eigenvalue weighted by molar-refractivity contribution is 5.71. The predicted molar refractivity (Wildman–Crippen MR) is 81.9 cm³/mol. The van der Waals surface area contributed by atoms with Gasteiger partial charge in [-0.1, -0.05) is 13.8 Å². The number of piperidine rings is 1. The summed E-state index contributed by atoms with van der Waals surface area (Å²) in [5, 5.41) is 0. The van der Waals surface area contributed by atoms with Gasteiger partial charge in [0.1, 0.15) is 11.3 Å². The minimum absolute atomic E-state index is 0.560. The summed E-state index contributed by atoms with van der Waals surface area (Å²) in [6, 6.07) is 4.06. The van der Waals surface area contributed by atoms with E-state index in [1.165, 1.54) is 25.2 Å². The van der Waals surface area contributed by atoms with Crippen LogP contribution in [0.2, 0.25) is 0 Å². The molecule has 2 aromatic heterocycles.